The lowest BCUT2D eigenvalue weighted by atomic mass is 10.0. The number of hydrogen-bond donors (Lipinski definition) is 2. The molecule has 0 radical (unpaired) electrons. The Morgan fingerprint density at radius 3 is 2.72 bits per heavy atom. The van der Waals surface area contributed by atoms with Crippen LogP contribution in [0.15, 0.2) is 41.6 Å². The molecule has 7 nitrogen and oxygen atoms in total. The molecule has 2 aromatic carbocycles. The van der Waals surface area contributed by atoms with Crippen molar-refractivity contribution in [3.05, 3.63) is 63.9 Å². The van der Waals surface area contributed by atoms with Crippen LogP contribution >= 0.6 is 23.4 Å². The van der Waals surface area contributed by atoms with Gasteiger partial charge in [0.05, 0.1) is 18.2 Å². The number of aromatic nitrogens is 3. The molecule has 168 valence electrons. The lowest BCUT2D eigenvalue weighted by Crippen LogP contribution is -2.41. The van der Waals surface area contributed by atoms with E-state index in [1.807, 2.05) is 54.9 Å². The van der Waals surface area contributed by atoms with Crippen LogP contribution < -0.4 is 15.5 Å². The van der Waals surface area contributed by atoms with Gasteiger partial charge in [-0.25, -0.2) is 4.68 Å². The third kappa shape index (κ3) is 4.42. The molecule has 3 aromatic rings. The molecule has 1 aliphatic heterocycles. The van der Waals surface area contributed by atoms with Crippen LogP contribution in [0.3, 0.4) is 0 Å². The summed E-state index contributed by atoms with van der Waals surface area (Å²) < 4.78 is 7.18. The minimum Gasteiger partial charge on any atom is -0.495 e. The first kappa shape index (κ1) is 22.5. The van der Waals surface area contributed by atoms with Gasteiger partial charge in [-0.15, -0.1) is 10.2 Å². The fourth-order valence-corrected chi connectivity index (χ4v) is 5.01. The van der Waals surface area contributed by atoms with Gasteiger partial charge in [-0.2, -0.15) is 0 Å². The molecule has 0 aliphatic carbocycles. The number of nitrogens with zero attached hydrogens (tertiary/aromatic N) is 3. The Morgan fingerprint density at radius 1 is 1.22 bits per heavy atom. The van der Waals surface area contributed by atoms with E-state index in [-0.39, 0.29) is 11.9 Å². The number of thioether (sulfide) groups is 1. The molecule has 1 aromatic heterocycles. The first-order chi connectivity index (χ1) is 15.4. The van der Waals surface area contributed by atoms with E-state index >= 15 is 0 Å². The molecule has 0 saturated carbocycles. The second-order valence-corrected chi connectivity index (χ2v) is 9.33. The number of carbonyl (C=O) groups is 1. The molecule has 0 saturated heterocycles. The molecule has 0 fully saturated rings. The van der Waals surface area contributed by atoms with E-state index in [2.05, 4.69) is 27.9 Å². The highest BCUT2D eigenvalue weighted by Gasteiger charge is 2.38. The quantitative estimate of drug-likeness (QED) is 0.531. The summed E-state index contributed by atoms with van der Waals surface area (Å²) >= 11 is 7.80. The normalized spacial score (nSPS) is 17.4. The van der Waals surface area contributed by atoms with E-state index < -0.39 is 5.25 Å². The van der Waals surface area contributed by atoms with E-state index in [1.54, 1.807) is 7.11 Å². The number of hydrogen-bond acceptors (Lipinski definition) is 6. The molecule has 1 aliphatic rings. The van der Waals surface area contributed by atoms with Crippen molar-refractivity contribution in [3.63, 3.8) is 0 Å². The summed E-state index contributed by atoms with van der Waals surface area (Å²) in [6.45, 7) is 6.17. The molecular formula is C23H26ClN5O2S. The molecule has 9 heteroatoms. The number of halogens is 1. The molecular weight excluding hydrogens is 446 g/mol. The van der Waals surface area contributed by atoms with Crippen molar-refractivity contribution in [2.24, 2.45) is 0 Å². The van der Waals surface area contributed by atoms with Crippen LogP contribution in [0, 0.1) is 13.8 Å². The van der Waals surface area contributed by atoms with Crippen LogP contribution in [0.25, 0.3) is 0 Å². The Labute approximate surface area is 196 Å². The first-order valence-electron chi connectivity index (χ1n) is 10.5. The van der Waals surface area contributed by atoms with Crippen molar-refractivity contribution in [2.45, 2.75) is 50.1 Å². The van der Waals surface area contributed by atoms with E-state index in [0.717, 1.165) is 35.5 Å². The van der Waals surface area contributed by atoms with Gasteiger partial charge in [-0.1, -0.05) is 42.4 Å². The molecule has 2 N–H and O–H groups in total. The van der Waals surface area contributed by atoms with Gasteiger partial charge in [-0.05, 0) is 61.2 Å². The summed E-state index contributed by atoms with van der Waals surface area (Å²) in [6.07, 6.45) is 1.73. The molecule has 1 amide bonds. The van der Waals surface area contributed by atoms with Crippen LogP contribution in [0.2, 0.25) is 5.02 Å². The minimum atomic E-state index is -0.479. The van der Waals surface area contributed by atoms with Gasteiger partial charge < -0.3 is 15.5 Å². The van der Waals surface area contributed by atoms with Gasteiger partial charge >= 0.3 is 0 Å². The molecule has 2 unspecified atom stereocenters. The van der Waals surface area contributed by atoms with Crippen molar-refractivity contribution >= 4 is 35.0 Å². The average Bonchev–Trinajstić information content (AvgIpc) is 3.17. The lowest BCUT2D eigenvalue weighted by Gasteiger charge is -2.33. The van der Waals surface area contributed by atoms with Crippen molar-refractivity contribution in [1.29, 1.82) is 0 Å². The highest BCUT2D eigenvalue weighted by molar-refractivity contribution is 8.00. The summed E-state index contributed by atoms with van der Waals surface area (Å²) in [5.74, 6) is 1.31. The zero-order valence-corrected chi connectivity index (χ0v) is 20.0. The molecule has 2 atom stereocenters. The van der Waals surface area contributed by atoms with E-state index in [4.69, 9.17) is 16.3 Å². The zero-order chi connectivity index (χ0) is 22.8. The van der Waals surface area contributed by atoms with Gasteiger partial charge in [-0.3, -0.25) is 4.79 Å². The summed E-state index contributed by atoms with van der Waals surface area (Å²) in [6, 6.07) is 11.1. The number of amides is 1. The second-order valence-electron chi connectivity index (χ2n) is 7.81. The lowest BCUT2D eigenvalue weighted by molar-refractivity contribution is -0.116. The molecule has 4 rings (SSSR count). The zero-order valence-electron chi connectivity index (χ0n) is 18.5. The first-order valence-corrected chi connectivity index (χ1v) is 11.8. The topological polar surface area (TPSA) is 81.1 Å². The van der Waals surface area contributed by atoms with Crippen molar-refractivity contribution < 1.29 is 9.53 Å². The molecule has 0 spiro atoms. The van der Waals surface area contributed by atoms with Crippen LogP contribution in [0.4, 0.5) is 5.69 Å². The standard InChI is InChI=1S/C23H26ClN5O2S/c1-5-6-19-26-27-23-29(19)28-20(15-8-10-18(31-4)17(24)12-15)21(32-23)22(30)25-16-9-7-13(2)14(3)11-16/h7-12,20-21,28H,5-6H2,1-4H3,(H,25,30). The maximum Gasteiger partial charge on any atom is 0.240 e. The molecule has 0 bridgehead atoms. The van der Waals surface area contributed by atoms with E-state index in [0.29, 0.717) is 15.9 Å². The maximum absolute atomic E-state index is 13.4. The number of anilines is 1. The number of aryl methyl sites for hydroxylation is 3. The molecule has 32 heavy (non-hydrogen) atoms. The predicted molar refractivity (Wildman–Crippen MR) is 128 cm³/mol. The number of nitrogens with one attached hydrogen (secondary N) is 2. The fraction of sp³-hybridized carbons (Fsp3) is 0.348. The number of benzene rings is 2. The van der Waals surface area contributed by atoms with Gasteiger partial charge in [0.2, 0.25) is 11.1 Å². The monoisotopic (exact) mass is 471 g/mol. The summed E-state index contributed by atoms with van der Waals surface area (Å²) in [7, 11) is 1.58. The summed E-state index contributed by atoms with van der Waals surface area (Å²) in [4.78, 5) is 13.4. The van der Waals surface area contributed by atoms with E-state index in [1.165, 1.54) is 17.3 Å². The predicted octanol–water partition coefficient (Wildman–Crippen LogP) is 4.91. The van der Waals surface area contributed by atoms with E-state index in [9.17, 15) is 4.79 Å². The SMILES string of the molecule is CCCc1nnc2n1NC(c1ccc(OC)c(Cl)c1)C(C(=O)Nc1ccc(C)c(C)c1)S2. The van der Waals surface area contributed by atoms with Crippen LogP contribution in [-0.4, -0.2) is 33.1 Å². The summed E-state index contributed by atoms with van der Waals surface area (Å²) in [5, 5.41) is 12.4. The second kappa shape index (κ2) is 9.42. The van der Waals surface area contributed by atoms with Crippen LogP contribution in [0.1, 0.15) is 41.9 Å². The highest BCUT2D eigenvalue weighted by Crippen LogP contribution is 2.39. The molecule has 2 heterocycles. The largest absolute Gasteiger partial charge is 0.495 e. The third-order valence-corrected chi connectivity index (χ3v) is 7.06. The van der Waals surface area contributed by atoms with Gasteiger partial charge in [0.1, 0.15) is 11.0 Å². The smallest absolute Gasteiger partial charge is 0.240 e. The number of rotatable bonds is 6. The Kier molecular flexibility index (Phi) is 6.62. The Bertz CT molecular complexity index is 1150. The summed E-state index contributed by atoms with van der Waals surface area (Å²) in [5.41, 5.74) is 7.41. The van der Waals surface area contributed by atoms with Crippen molar-refractivity contribution in [2.75, 3.05) is 17.9 Å². The average molecular weight is 472 g/mol. The van der Waals surface area contributed by atoms with Crippen LogP contribution in [-0.2, 0) is 11.2 Å². The highest BCUT2D eigenvalue weighted by atomic mass is 35.5. The number of carbonyl (C=O) groups excluding carboxylic acids is 1. The van der Waals surface area contributed by atoms with Crippen molar-refractivity contribution in [3.8, 4) is 5.75 Å². The maximum atomic E-state index is 13.4. The van der Waals surface area contributed by atoms with Gasteiger partial charge in [0.15, 0.2) is 5.82 Å². The fourth-order valence-electron chi connectivity index (χ4n) is 3.64. The minimum absolute atomic E-state index is 0.117. The van der Waals surface area contributed by atoms with Crippen LogP contribution in [0.5, 0.6) is 5.75 Å². The van der Waals surface area contributed by atoms with Gasteiger partial charge in [0, 0.05) is 12.1 Å². The van der Waals surface area contributed by atoms with Gasteiger partial charge in [0.25, 0.3) is 0 Å². The van der Waals surface area contributed by atoms with Crippen molar-refractivity contribution in [1.82, 2.24) is 14.9 Å². The third-order valence-electron chi connectivity index (χ3n) is 5.55. The Morgan fingerprint density at radius 2 is 2.03 bits per heavy atom. The Hall–Kier alpha value is -2.71. The number of fused-ring (bicyclic) bond motifs is 1. The number of ether oxygens (including phenoxy) is 1. The number of methoxy groups -OCH3 is 1. The Balaban J connectivity index is 1.68.